The van der Waals surface area contributed by atoms with Crippen LogP contribution in [-0.2, 0) is 6.54 Å². The molecule has 29 heavy (non-hydrogen) atoms. The molecule has 8 heteroatoms. The number of hydrogen-bond donors (Lipinski definition) is 2. The van der Waals surface area contributed by atoms with Crippen molar-refractivity contribution < 1.29 is 4.74 Å². The summed E-state index contributed by atoms with van der Waals surface area (Å²) in [6, 6.07) is 14.9. The summed E-state index contributed by atoms with van der Waals surface area (Å²) >= 11 is 5.64. The molecule has 0 bridgehead atoms. The van der Waals surface area contributed by atoms with Gasteiger partial charge in [0, 0.05) is 18.8 Å². The van der Waals surface area contributed by atoms with Gasteiger partial charge in [-0.15, -0.1) is 0 Å². The van der Waals surface area contributed by atoms with Gasteiger partial charge in [-0.1, -0.05) is 12.1 Å². The molecule has 0 aliphatic carbocycles. The summed E-state index contributed by atoms with van der Waals surface area (Å²) in [7, 11) is 5.65. The normalized spacial score (nSPS) is 10.9. The molecule has 0 fully saturated rings. The molecule has 0 atom stereocenters. The van der Waals surface area contributed by atoms with Gasteiger partial charge in [0.25, 0.3) is 5.56 Å². The summed E-state index contributed by atoms with van der Waals surface area (Å²) in [6.07, 6.45) is 0. The van der Waals surface area contributed by atoms with Gasteiger partial charge in [0.05, 0.1) is 24.6 Å². The average Bonchev–Trinajstić information content (AvgIpc) is 2.71. The van der Waals surface area contributed by atoms with Crippen LogP contribution in [0.2, 0.25) is 0 Å². The van der Waals surface area contributed by atoms with Crippen LogP contribution in [0, 0.1) is 0 Å². The van der Waals surface area contributed by atoms with Gasteiger partial charge < -0.3 is 24.8 Å². The van der Waals surface area contributed by atoms with Crippen LogP contribution in [0.3, 0.4) is 0 Å². The Morgan fingerprint density at radius 2 is 1.86 bits per heavy atom. The predicted molar refractivity (Wildman–Crippen MR) is 121 cm³/mol. The Labute approximate surface area is 175 Å². The number of benzene rings is 2. The number of fused-ring (bicyclic) bond motifs is 1. The SMILES string of the molecule is COc1ccc(NC(=S)N(CCN(C)C)Cc2nc3ccccc3c(=O)[nH]2)cc1. The maximum absolute atomic E-state index is 12.4. The Kier molecular flexibility index (Phi) is 6.79. The number of thiocarbonyl (C=S) groups is 1. The van der Waals surface area contributed by atoms with Crippen LogP contribution in [0.4, 0.5) is 5.69 Å². The Bertz CT molecular complexity index is 1030. The highest BCUT2D eigenvalue weighted by Gasteiger charge is 2.14. The van der Waals surface area contributed by atoms with Gasteiger partial charge in [-0.2, -0.15) is 0 Å². The summed E-state index contributed by atoms with van der Waals surface area (Å²) in [5.41, 5.74) is 1.39. The molecule has 1 heterocycles. The van der Waals surface area contributed by atoms with E-state index in [2.05, 4.69) is 20.2 Å². The summed E-state index contributed by atoms with van der Waals surface area (Å²) in [4.78, 5) is 23.9. The lowest BCUT2D eigenvalue weighted by atomic mass is 10.2. The fourth-order valence-corrected chi connectivity index (χ4v) is 3.11. The average molecular weight is 412 g/mol. The van der Waals surface area contributed by atoms with E-state index in [0.29, 0.717) is 34.9 Å². The molecule has 0 saturated carbocycles. The molecule has 152 valence electrons. The van der Waals surface area contributed by atoms with Gasteiger partial charge in [0.2, 0.25) is 0 Å². The van der Waals surface area contributed by atoms with E-state index in [0.717, 1.165) is 18.0 Å². The predicted octanol–water partition coefficient (Wildman–Crippen LogP) is 2.69. The van der Waals surface area contributed by atoms with Crippen LogP contribution >= 0.6 is 12.2 Å². The number of rotatable bonds is 7. The van der Waals surface area contributed by atoms with E-state index in [1.807, 2.05) is 61.5 Å². The van der Waals surface area contributed by atoms with E-state index >= 15 is 0 Å². The molecular formula is C21H25N5O2S. The molecule has 0 radical (unpaired) electrons. The van der Waals surface area contributed by atoms with Crippen LogP contribution in [0.25, 0.3) is 10.9 Å². The van der Waals surface area contributed by atoms with Crippen LogP contribution < -0.4 is 15.6 Å². The molecule has 0 saturated heterocycles. The third kappa shape index (κ3) is 5.52. The lowest BCUT2D eigenvalue weighted by Gasteiger charge is -2.27. The molecule has 2 N–H and O–H groups in total. The Morgan fingerprint density at radius 3 is 2.55 bits per heavy atom. The molecule has 0 amide bonds. The number of para-hydroxylation sites is 1. The number of anilines is 1. The number of nitrogens with one attached hydrogen (secondary N) is 2. The number of H-pyrrole nitrogens is 1. The molecule has 7 nitrogen and oxygen atoms in total. The minimum atomic E-state index is -0.146. The van der Waals surface area contributed by atoms with Gasteiger partial charge in [0.15, 0.2) is 5.11 Å². The molecule has 0 spiro atoms. The zero-order valence-corrected chi connectivity index (χ0v) is 17.6. The second-order valence-electron chi connectivity index (χ2n) is 6.91. The number of likely N-dealkylation sites (N-methyl/N-ethyl adjacent to an activating group) is 1. The lowest BCUT2D eigenvalue weighted by molar-refractivity contribution is 0.323. The molecule has 0 aliphatic heterocycles. The van der Waals surface area contributed by atoms with E-state index < -0.39 is 0 Å². The van der Waals surface area contributed by atoms with Crippen LogP contribution in [0.1, 0.15) is 5.82 Å². The van der Waals surface area contributed by atoms with Crippen molar-refractivity contribution in [2.45, 2.75) is 6.54 Å². The summed E-state index contributed by atoms with van der Waals surface area (Å²) in [6.45, 7) is 1.89. The first-order valence-corrected chi connectivity index (χ1v) is 9.70. The van der Waals surface area contributed by atoms with Gasteiger partial charge in [0.1, 0.15) is 11.6 Å². The Balaban J connectivity index is 1.80. The molecule has 2 aromatic carbocycles. The first-order chi connectivity index (χ1) is 14.0. The lowest BCUT2D eigenvalue weighted by Crippen LogP contribution is -2.39. The van der Waals surface area contributed by atoms with Crippen molar-refractivity contribution in [1.82, 2.24) is 19.8 Å². The Morgan fingerprint density at radius 1 is 1.14 bits per heavy atom. The maximum Gasteiger partial charge on any atom is 0.258 e. The second-order valence-corrected chi connectivity index (χ2v) is 7.30. The highest BCUT2D eigenvalue weighted by molar-refractivity contribution is 7.80. The maximum atomic E-state index is 12.4. The van der Waals surface area contributed by atoms with Crippen molar-refractivity contribution in [3.8, 4) is 5.75 Å². The number of aromatic amines is 1. The first kappa shape index (κ1) is 20.8. The topological polar surface area (TPSA) is 73.5 Å². The van der Waals surface area contributed by atoms with Crippen molar-refractivity contribution in [3.63, 3.8) is 0 Å². The van der Waals surface area contributed by atoms with Crippen molar-refractivity contribution in [3.05, 3.63) is 64.7 Å². The fraction of sp³-hybridized carbons (Fsp3) is 0.286. The Hall–Kier alpha value is -2.97. The minimum absolute atomic E-state index is 0.146. The van der Waals surface area contributed by atoms with Crippen LogP contribution in [-0.4, -0.2) is 59.2 Å². The number of aromatic nitrogens is 2. The van der Waals surface area contributed by atoms with E-state index in [1.165, 1.54) is 0 Å². The third-order valence-corrected chi connectivity index (χ3v) is 4.81. The highest BCUT2D eigenvalue weighted by Crippen LogP contribution is 2.16. The van der Waals surface area contributed by atoms with Crippen LogP contribution in [0.5, 0.6) is 5.75 Å². The van der Waals surface area contributed by atoms with Gasteiger partial charge in [-0.05, 0) is 62.7 Å². The summed E-state index contributed by atoms with van der Waals surface area (Å²) < 4.78 is 5.19. The molecule has 3 rings (SSSR count). The van der Waals surface area contributed by atoms with Crippen LogP contribution in [0.15, 0.2) is 53.3 Å². The smallest absolute Gasteiger partial charge is 0.258 e. The largest absolute Gasteiger partial charge is 0.497 e. The van der Waals surface area contributed by atoms with E-state index in [9.17, 15) is 4.79 Å². The van der Waals surface area contributed by atoms with Crippen molar-refractivity contribution >= 4 is 33.9 Å². The zero-order valence-electron chi connectivity index (χ0n) is 16.8. The number of methoxy groups -OCH3 is 1. The zero-order chi connectivity index (χ0) is 20.8. The van der Waals surface area contributed by atoms with Gasteiger partial charge in [-0.25, -0.2) is 4.98 Å². The van der Waals surface area contributed by atoms with E-state index in [4.69, 9.17) is 17.0 Å². The van der Waals surface area contributed by atoms with E-state index in [1.54, 1.807) is 13.2 Å². The van der Waals surface area contributed by atoms with Crippen molar-refractivity contribution in [1.29, 1.82) is 0 Å². The second kappa shape index (κ2) is 9.49. The minimum Gasteiger partial charge on any atom is -0.497 e. The number of hydrogen-bond acceptors (Lipinski definition) is 5. The van der Waals surface area contributed by atoms with Crippen molar-refractivity contribution in [2.24, 2.45) is 0 Å². The standard InChI is InChI=1S/C21H25N5O2S/c1-25(2)12-13-26(21(29)22-15-8-10-16(28-3)11-9-15)14-19-23-18-7-5-4-6-17(18)20(27)24-19/h4-11H,12-14H2,1-3H3,(H,22,29)(H,23,24,27). The van der Waals surface area contributed by atoms with Gasteiger partial charge in [-0.3, -0.25) is 4.79 Å². The number of ether oxygens (including phenoxy) is 1. The molecule has 0 aliphatic rings. The van der Waals surface area contributed by atoms with E-state index in [-0.39, 0.29) is 5.56 Å². The van der Waals surface area contributed by atoms with Gasteiger partial charge >= 0.3 is 0 Å². The highest BCUT2D eigenvalue weighted by atomic mass is 32.1. The molecule has 0 unspecified atom stereocenters. The van der Waals surface area contributed by atoms with Crippen molar-refractivity contribution in [2.75, 3.05) is 39.6 Å². The summed E-state index contributed by atoms with van der Waals surface area (Å²) in [5.74, 6) is 1.36. The molecule has 3 aromatic rings. The number of nitrogens with zero attached hydrogens (tertiary/aromatic N) is 3. The quantitative estimate of drug-likeness (QED) is 0.579. The fourth-order valence-electron chi connectivity index (χ4n) is 2.84. The summed E-state index contributed by atoms with van der Waals surface area (Å²) in [5, 5.41) is 4.39. The monoisotopic (exact) mass is 411 g/mol. The molecule has 1 aromatic heterocycles. The third-order valence-electron chi connectivity index (χ3n) is 4.45. The molecular weight excluding hydrogens is 386 g/mol. The first-order valence-electron chi connectivity index (χ1n) is 9.29.